The van der Waals surface area contributed by atoms with Crippen LogP contribution >= 0.6 is 15.9 Å². The van der Waals surface area contributed by atoms with Gasteiger partial charge in [-0.3, -0.25) is 9.69 Å². The van der Waals surface area contributed by atoms with E-state index in [1.807, 2.05) is 79.7 Å². The maximum Gasteiger partial charge on any atom is 0.282 e. The molecule has 0 spiro atoms. The Morgan fingerprint density at radius 3 is 2.21 bits per heavy atom. The Hall–Kier alpha value is -3.18. The third kappa shape index (κ3) is 4.00. The minimum Gasteiger partial charge on any atom is -0.497 e. The topological polar surface area (TPSA) is 41.9 Å². The van der Waals surface area contributed by atoms with E-state index in [0.717, 1.165) is 32.6 Å². The molecule has 0 radical (unpaired) electrons. The third-order valence-electron chi connectivity index (χ3n) is 4.67. The van der Waals surface area contributed by atoms with Gasteiger partial charge >= 0.3 is 0 Å². The van der Waals surface area contributed by atoms with E-state index in [-0.39, 0.29) is 5.91 Å². The van der Waals surface area contributed by atoms with Crippen molar-refractivity contribution in [1.82, 2.24) is 0 Å². The number of carbonyl (C=O) groups is 1. The predicted molar refractivity (Wildman–Crippen MR) is 120 cm³/mol. The van der Waals surface area contributed by atoms with Crippen LogP contribution in [-0.2, 0) is 4.79 Å². The highest BCUT2D eigenvalue weighted by Gasteiger charge is 2.32. The first kappa shape index (κ1) is 19.2. The molecular formula is C24H19BrN2O2. The number of hydrogen-bond acceptors (Lipinski definition) is 3. The Morgan fingerprint density at radius 1 is 0.931 bits per heavy atom. The summed E-state index contributed by atoms with van der Waals surface area (Å²) < 4.78 is 6.16. The molecule has 5 heteroatoms. The van der Waals surface area contributed by atoms with Gasteiger partial charge in [-0.25, -0.2) is 4.99 Å². The Morgan fingerprint density at radius 2 is 1.59 bits per heavy atom. The quantitative estimate of drug-likeness (QED) is 0.489. The summed E-state index contributed by atoms with van der Waals surface area (Å²) in [7, 11) is 1.63. The van der Waals surface area contributed by atoms with Crippen LogP contribution in [0.4, 0.5) is 5.69 Å². The Labute approximate surface area is 178 Å². The van der Waals surface area contributed by atoms with Crippen LogP contribution in [0.5, 0.6) is 5.75 Å². The third-order valence-corrected chi connectivity index (χ3v) is 5.20. The number of aliphatic imine (C=N–C) groups is 1. The molecule has 1 aliphatic rings. The zero-order valence-electron chi connectivity index (χ0n) is 16.1. The fourth-order valence-corrected chi connectivity index (χ4v) is 3.36. The number of amidine groups is 1. The standard InChI is InChI=1S/C24H19BrN2O2/c1-16-3-7-18(8-4-16)23-26-22(15-17-5-13-21(29-2)14-6-17)24(28)27(23)20-11-9-19(25)10-12-20/h3-15H,1-2H3/b22-15+. The number of aryl methyl sites for hydroxylation is 1. The van der Waals surface area contributed by atoms with Crippen LogP contribution in [0.2, 0.25) is 0 Å². The van der Waals surface area contributed by atoms with Gasteiger partial charge < -0.3 is 4.74 Å². The van der Waals surface area contributed by atoms with E-state index in [1.54, 1.807) is 18.1 Å². The largest absolute Gasteiger partial charge is 0.497 e. The second-order valence-electron chi connectivity index (χ2n) is 6.72. The summed E-state index contributed by atoms with van der Waals surface area (Å²) in [5.41, 5.74) is 4.11. The lowest BCUT2D eigenvalue weighted by molar-refractivity contribution is -0.113. The smallest absolute Gasteiger partial charge is 0.282 e. The van der Waals surface area contributed by atoms with Crippen LogP contribution in [0, 0.1) is 6.92 Å². The average Bonchev–Trinajstić information content (AvgIpc) is 3.06. The summed E-state index contributed by atoms with van der Waals surface area (Å²) >= 11 is 3.45. The van der Waals surface area contributed by atoms with Crippen molar-refractivity contribution in [2.45, 2.75) is 6.92 Å². The Bertz CT molecular complexity index is 1100. The van der Waals surface area contributed by atoms with Crippen molar-refractivity contribution in [2.24, 2.45) is 4.99 Å². The second-order valence-corrected chi connectivity index (χ2v) is 7.64. The molecule has 29 heavy (non-hydrogen) atoms. The molecular weight excluding hydrogens is 428 g/mol. The van der Waals surface area contributed by atoms with Crippen LogP contribution in [0.3, 0.4) is 0 Å². The highest BCUT2D eigenvalue weighted by Crippen LogP contribution is 2.29. The summed E-state index contributed by atoms with van der Waals surface area (Å²) in [5.74, 6) is 1.24. The molecule has 1 heterocycles. The molecule has 4 rings (SSSR count). The van der Waals surface area contributed by atoms with Crippen molar-refractivity contribution < 1.29 is 9.53 Å². The number of hydrogen-bond donors (Lipinski definition) is 0. The van der Waals surface area contributed by atoms with E-state index in [4.69, 9.17) is 9.73 Å². The molecule has 0 saturated carbocycles. The van der Waals surface area contributed by atoms with Gasteiger partial charge in [0, 0.05) is 10.0 Å². The van der Waals surface area contributed by atoms with Gasteiger partial charge in [0.2, 0.25) is 0 Å². The average molecular weight is 447 g/mol. The van der Waals surface area contributed by atoms with Gasteiger partial charge in [0.15, 0.2) is 0 Å². The van der Waals surface area contributed by atoms with Crippen molar-refractivity contribution in [1.29, 1.82) is 0 Å². The van der Waals surface area contributed by atoms with Crippen LogP contribution < -0.4 is 9.64 Å². The van der Waals surface area contributed by atoms with Crippen LogP contribution in [0.1, 0.15) is 16.7 Å². The van der Waals surface area contributed by atoms with Gasteiger partial charge in [0.1, 0.15) is 17.3 Å². The molecule has 3 aromatic rings. The van der Waals surface area contributed by atoms with Crippen molar-refractivity contribution in [3.05, 3.63) is 99.7 Å². The molecule has 0 aliphatic carbocycles. The van der Waals surface area contributed by atoms with Crippen LogP contribution in [-0.4, -0.2) is 18.9 Å². The first-order chi connectivity index (χ1) is 14.0. The van der Waals surface area contributed by atoms with Crippen molar-refractivity contribution >= 4 is 39.4 Å². The van der Waals surface area contributed by atoms with Crippen molar-refractivity contribution in [2.75, 3.05) is 12.0 Å². The highest BCUT2D eigenvalue weighted by atomic mass is 79.9. The zero-order valence-corrected chi connectivity index (χ0v) is 17.7. The van der Waals surface area contributed by atoms with E-state index in [2.05, 4.69) is 15.9 Å². The first-order valence-electron chi connectivity index (χ1n) is 9.16. The molecule has 0 N–H and O–H groups in total. The van der Waals surface area contributed by atoms with Gasteiger partial charge in [0.25, 0.3) is 5.91 Å². The molecule has 144 valence electrons. The van der Waals surface area contributed by atoms with Crippen LogP contribution in [0.25, 0.3) is 6.08 Å². The number of anilines is 1. The number of carbonyl (C=O) groups excluding carboxylic acids is 1. The number of methoxy groups -OCH3 is 1. The number of amides is 1. The molecule has 0 unspecified atom stereocenters. The number of benzene rings is 3. The molecule has 0 aromatic heterocycles. The Balaban J connectivity index is 1.78. The fourth-order valence-electron chi connectivity index (χ4n) is 3.10. The predicted octanol–water partition coefficient (Wildman–Crippen LogP) is 5.60. The van der Waals surface area contributed by atoms with E-state index in [9.17, 15) is 4.79 Å². The monoisotopic (exact) mass is 446 g/mol. The van der Waals surface area contributed by atoms with Crippen LogP contribution in [0.15, 0.2) is 88.0 Å². The maximum atomic E-state index is 13.3. The van der Waals surface area contributed by atoms with Gasteiger partial charge in [-0.1, -0.05) is 57.9 Å². The summed E-state index contributed by atoms with van der Waals surface area (Å²) in [6.07, 6.45) is 1.80. The molecule has 0 saturated heterocycles. The lowest BCUT2D eigenvalue weighted by Gasteiger charge is -2.18. The summed E-state index contributed by atoms with van der Waals surface area (Å²) in [5, 5.41) is 0. The molecule has 3 aromatic carbocycles. The van der Waals surface area contributed by atoms with Gasteiger partial charge in [0.05, 0.1) is 12.8 Å². The van der Waals surface area contributed by atoms with Gasteiger partial charge in [-0.15, -0.1) is 0 Å². The van der Waals surface area contributed by atoms with E-state index < -0.39 is 0 Å². The first-order valence-corrected chi connectivity index (χ1v) is 9.96. The Kier molecular flexibility index (Phi) is 5.32. The summed E-state index contributed by atoms with van der Waals surface area (Å²) in [6, 6.07) is 23.2. The molecule has 1 aliphatic heterocycles. The van der Waals surface area contributed by atoms with Gasteiger partial charge in [-0.05, 0) is 55.0 Å². The lowest BCUT2D eigenvalue weighted by Crippen LogP contribution is -2.32. The number of nitrogens with zero attached hydrogens (tertiary/aromatic N) is 2. The van der Waals surface area contributed by atoms with E-state index in [1.165, 1.54) is 0 Å². The maximum absolute atomic E-state index is 13.3. The number of rotatable bonds is 4. The fraction of sp³-hybridized carbons (Fsp3) is 0.0833. The molecule has 0 bridgehead atoms. The molecule has 0 fully saturated rings. The second kappa shape index (κ2) is 8.05. The van der Waals surface area contributed by atoms with Gasteiger partial charge in [-0.2, -0.15) is 0 Å². The number of halogens is 1. The van der Waals surface area contributed by atoms with Crippen molar-refractivity contribution in [3.63, 3.8) is 0 Å². The SMILES string of the molecule is COc1ccc(/C=C2/N=C(c3ccc(C)cc3)N(c3ccc(Br)cc3)C2=O)cc1. The number of ether oxygens (including phenoxy) is 1. The van der Waals surface area contributed by atoms with Crippen molar-refractivity contribution in [3.8, 4) is 5.75 Å². The minimum atomic E-state index is -0.154. The molecule has 4 nitrogen and oxygen atoms in total. The highest BCUT2D eigenvalue weighted by molar-refractivity contribution is 9.10. The lowest BCUT2D eigenvalue weighted by atomic mass is 10.1. The zero-order chi connectivity index (χ0) is 20.4. The minimum absolute atomic E-state index is 0.154. The molecule has 0 atom stereocenters. The van der Waals surface area contributed by atoms with E-state index in [0.29, 0.717) is 11.5 Å². The normalized spacial score (nSPS) is 15.0. The summed E-state index contributed by atoms with van der Waals surface area (Å²) in [4.78, 5) is 19.6. The summed E-state index contributed by atoms with van der Waals surface area (Å²) in [6.45, 7) is 2.03. The molecule has 1 amide bonds. The van der Waals surface area contributed by atoms with E-state index >= 15 is 0 Å².